The zero-order valence-electron chi connectivity index (χ0n) is 16.7. The largest absolute Gasteiger partial charge is 0.346 e. The molecule has 4 rings (SSSR count). The van der Waals surface area contributed by atoms with Gasteiger partial charge in [0.05, 0.1) is 21.3 Å². The molecule has 0 unspecified atom stereocenters. The molecule has 0 N–H and O–H groups in total. The molecular weight excluding hydrogens is 385 g/mol. The molecule has 0 atom stereocenters. The van der Waals surface area contributed by atoms with Gasteiger partial charge in [-0.1, -0.05) is 26.0 Å². The second-order valence-corrected chi connectivity index (χ2v) is 8.12. The Labute approximate surface area is 173 Å². The molecule has 2 aromatic carbocycles. The predicted octanol–water partition coefficient (Wildman–Crippen LogP) is 5.15. The standard InChI is InChI=1S/C23H24FN3OS/c1-3-26(4-2)12-7-13-27-15-18(22(28)17-11-10-16(24)14-20(17)27)23-25-19-8-5-6-9-21(19)29-23/h5-6,8-11,14-15H,3-4,7,12-13H2,1-2H3. The molecule has 29 heavy (non-hydrogen) atoms. The van der Waals surface area contributed by atoms with Crippen LogP contribution >= 0.6 is 11.3 Å². The Hall–Kier alpha value is -2.57. The third-order valence-corrected chi connectivity index (χ3v) is 6.41. The number of thiazole rings is 1. The van der Waals surface area contributed by atoms with E-state index in [-0.39, 0.29) is 11.2 Å². The van der Waals surface area contributed by atoms with Crippen molar-refractivity contribution in [2.24, 2.45) is 0 Å². The molecule has 0 aliphatic carbocycles. The first-order valence-electron chi connectivity index (χ1n) is 10.0. The smallest absolute Gasteiger partial charge is 0.199 e. The van der Waals surface area contributed by atoms with E-state index < -0.39 is 0 Å². The van der Waals surface area contributed by atoms with Crippen molar-refractivity contribution < 1.29 is 4.39 Å². The normalized spacial score (nSPS) is 11.7. The van der Waals surface area contributed by atoms with Gasteiger partial charge in [-0.3, -0.25) is 4.79 Å². The summed E-state index contributed by atoms with van der Waals surface area (Å²) >= 11 is 1.51. The van der Waals surface area contributed by atoms with Gasteiger partial charge in [-0.05, 0) is 56.4 Å². The number of fused-ring (bicyclic) bond motifs is 2. The van der Waals surface area contributed by atoms with E-state index in [0.29, 0.717) is 28.0 Å². The highest BCUT2D eigenvalue weighted by Crippen LogP contribution is 2.29. The van der Waals surface area contributed by atoms with Gasteiger partial charge in [-0.25, -0.2) is 9.37 Å². The number of nitrogens with zero attached hydrogens (tertiary/aromatic N) is 3. The maximum absolute atomic E-state index is 13.9. The number of aromatic nitrogens is 2. The van der Waals surface area contributed by atoms with Crippen molar-refractivity contribution in [2.45, 2.75) is 26.8 Å². The lowest BCUT2D eigenvalue weighted by Crippen LogP contribution is -2.25. The van der Waals surface area contributed by atoms with Crippen molar-refractivity contribution in [3.8, 4) is 10.6 Å². The van der Waals surface area contributed by atoms with Gasteiger partial charge in [0.15, 0.2) is 5.43 Å². The Bertz CT molecular complexity index is 1180. The lowest BCUT2D eigenvalue weighted by atomic mass is 10.1. The van der Waals surface area contributed by atoms with Crippen molar-refractivity contribution >= 4 is 32.5 Å². The van der Waals surface area contributed by atoms with Gasteiger partial charge in [0.1, 0.15) is 10.8 Å². The van der Waals surface area contributed by atoms with Crippen LogP contribution in [-0.4, -0.2) is 34.1 Å². The minimum absolute atomic E-state index is 0.0981. The molecule has 4 aromatic rings. The average molecular weight is 410 g/mol. The fourth-order valence-electron chi connectivity index (χ4n) is 3.69. The van der Waals surface area contributed by atoms with Gasteiger partial charge in [-0.15, -0.1) is 11.3 Å². The molecule has 2 aromatic heterocycles. The molecule has 0 aliphatic heterocycles. The first-order valence-corrected chi connectivity index (χ1v) is 10.8. The van der Waals surface area contributed by atoms with Crippen LogP contribution in [-0.2, 0) is 6.54 Å². The van der Waals surface area contributed by atoms with Gasteiger partial charge in [0.2, 0.25) is 0 Å². The Morgan fingerprint density at radius 3 is 2.69 bits per heavy atom. The van der Waals surface area contributed by atoms with Crippen molar-refractivity contribution in [1.82, 2.24) is 14.5 Å². The van der Waals surface area contributed by atoms with Crippen molar-refractivity contribution in [3.05, 3.63) is 64.7 Å². The van der Waals surface area contributed by atoms with E-state index in [1.54, 1.807) is 6.07 Å². The van der Waals surface area contributed by atoms with Crippen LogP contribution in [0.25, 0.3) is 31.7 Å². The maximum atomic E-state index is 13.9. The molecule has 150 valence electrons. The highest BCUT2D eigenvalue weighted by molar-refractivity contribution is 7.21. The molecule has 0 spiro atoms. The molecule has 0 saturated heterocycles. The van der Waals surface area contributed by atoms with Crippen molar-refractivity contribution in [1.29, 1.82) is 0 Å². The summed E-state index contributed by atoms with van der Waals surface area (Å²) in [5.41, 5.74) is 2.01. The minimum atomic E-state index is -0.331. The topological polar surface area (TPSA) is 38.1 Å². The fraction of sp³-hybridized carbons (Fsp3) is 0.304. The summed E-state index contributed by atoms with van der Waals surface area (Å²) in [6, 6.07) is 12.3. The number of hydrogen-bond acceptors (Lipinski definition) is 4. The van der Waals surface area contributed by atoms with E-state index in [1.807, 2.05) is 35.0 Å². The van der Waals surface area contributed by atoms with Crippen LogP contribution in [0.3, 0.4) is 0 Å². The van der Waals surface area contributed by atoms with Crippen LogP contribution in [0.1, 0.15) is 20.3 Å². The number of pyridine rings is 1. The lowest BCUT2D eigenvalue weighted by Gasteiger charge is -2.19. The van der Waals surface area contributed by atoms with E-state index in [9.17, 15) is 9.18 Å². The SMILES string of the molecule is CCN(CC)CCCn1cc(-c2nc3ccccc3s2)c(=O)c2ccc(F)cc21. The quantitative estimate of drug-likeness (QED) is 0.424. The number of halogens is 1. The Balaban J connectivity index is 1.79. The zero-order chi connectivity index (χ0) is 20.4. The summed E-state index contributed by atoms with van der Waals surface area (Å²) in [5.74, 6) is -0.331. The van der Waals surface area contributed by atoms with Gasteiger partial charge in [0.25, 0.3) is 0 Å². The number of rotatable bonds is 7. The summed E-state index contributed by atoms with van der Waals surface area (Å²) in [5, 5.41) is 1.24. The third-order valence-electron chi connectivity index (χ3n) is 5.34. The first kappa shape index (κ1) is 19.7. The van der Waals surface area contributed by atoms with E-state index >= 15 is 0 Å². The highest BCUT2D eigenvalue weighted by Gasteiger charge is 2.15. The van der Waals surface area contributed by atoms with E-state index in [4.69, 9.17) is 0 Å². The monoisotopic (exact) mass is 409 g/mol. The van der Waals surface area contributed by atoms with Crippen LogP contribution in [0.2, 0.25) is 0 Å². The Morgan fingerprint density at radius 2 is 1.93 bits per heavy atom. The van der Waals surface area contributed by atoms with Crippen molar-refractivity contribution in [3.63, 3.8) is 0 Å². The summed E-state index contributed by atoms with van der Waals surface area (Å²) in [4.78, 5) is 20.2. The fourth-order valence-corrected chi connectivity index (χ4v) is 4.67. The van der Waals surface area contributed by atoms with Crippen LogP contribution in [0.5, 0.6) is 0 Å². The number of aryl methyl sites for hydroxylation is 1. The van der Waals surface area contributed by atoms with E-state index in [2.05, 4.69) is 23.7 Å². The minimum Gasteiger partial charge on any atom is -0.346 e. The second-order valence-electron chi connectivity index (χ2n) is 7.09. The van der Waals surface area contributed by atoms with E-state index in [1.165, 1.54) is 23.5 Å². The molecule has 0 aliphatic rings. The van der Waals surface area contributed by atoms with E-state index in [0.717, 1.165) is 36.3 Å². The number of hydrogen-bond donors (Lipinski definition) is 0. The molecule has 2 heterocycles. The Morgan fingerprint density at radius 1 is 1.14 bits per heavy atom. The Kier molecular flexibility index (Phi) is 5.74. The van der Waals surface area contributed by atoms with Gasteiger partial charge in [0, 0.05) is 18.1 Å². The van der Waals surface area contributed by atoms with Crippen LogP contribution < -0.4 is 5.43 Å². The highest BCUT2D eigenvalue weighted by atomic mass is 32.1. The molecular formula is C23H24FN3OS. The second kappa shape index (κ2) is 8.43. The molecule has 0 radical (unpaired) electrons. The molecule has 6 heteroatoms. The summed E-state index contributed by atoms with van der Waals surface area (Å²) in [6.45, 7) is 8.00. The number of benzene rings is 2. The van der Waals surface area contributed by atoms with Gasteiger partial charge < -0.3 is 9.47 Å². The van der Waals surface area contributed by atoms with Crippen LogP contribution in [0, 0.1) is 5.82 Å². The number of para-hydroxylation sites is 1. The lowest BCUT2D eigenvalue weighted by molar-refractivity contribution is 0.294. The summed E-state index contributed by atoms with van der Waals surface area (Å²) in [7, 11) is 0. The van der Waals surface area contributed by atoms with Crippen molar-refractivity contribution in [2.75, 3.05) is 19.6 Å². The molecule has 0 fully saturated rings. The molecule has 0 amide bonds. The molecule has 0 bridgehead atoms. The average Bonchev–Trinajstić information content (AvgIpc) is 3.16. The van der Waals surface area contributed by atoms with Gasteiger partial charge in [-0.2, -0.15) is 0 Å². The van der Waals surface area contributed by atoms with Crippen LogP contribution in [0.4, 0.5) is 4.39 Å². The summed E-state index contributed by atoms with van der Waals surface area (Å²) < 4.78 is 17.0. The maximum Gasteiger partial charge on any atom is 0.199 e. The molecule has 0 saturated carbocycles. The predicted molar refractivity (Wildman–Crippen MR) is 119 cm³/mol. The third kappa shape index (κ3) is 3.95. The summed E-state index contributed by atoms with van der Waals surface area (Å²) in [6.07, 6.45) is 2.78. The van der Waals surface area contributed by atoms with Crippen LogP contribution in [0.15, 0.2) is 53.5 Å². The first-order chi connectivity index (χ1) is 14.1. The van der Waals surface area contributed by atoms with Gasteiger partial charge >= 0.3 is 0 Å². The zero-order valence-corrected chi connectivity index (χ0v) is 17.5. The molecule has 4 nitrogen and oxygen atoms in total.